The van der Waals surface area contributed by atoms with E-state index in [9.17, 15) is 14.7 Å². The van der Waals surface area contributed by atoms with Crippen LogP contribution in [0.4, 0.5) is 5.69 Å². The molecule has 0 spiro atoms. The molecule has 2 aromatic rings. The largest absolute Gasteiger partial charge is 0.481 e. The second-order valence-electron chi connectivity index (χ2n) is 8.87. The summed E-state index contributed by atoms with van der Waals surface area (Å²) < 4.78 is 11.3. The zero-order valence-corrected chi connectivity index (χ0v) is 19.1. The number of carbonyl (C=O) groups is 2. The molecule has 2 aliphatic rings. The maximum absolute atomic E-state index is 13.6. The molecule has 0 aromatic heterocycles. The Kier molecular flexibility index (Phi) is 5.83. The van der Waals surface area contributed by atoms with Crippen LogP contribution in [-0.2, 0) is 9.59 Å². The molecule has 164 valence electrons. The molecule has 0 saturated carbocycles. The molecular formula is C23H24ClNO5S. The summed E-state index contributed by atoms with van der Waals surface area (Å²) in [4.78, 5) is 26.9. The van der Waals surface area contributed by atoms with E-state index in [4.69, 9.17) is 21.1 Å². The molecule has 2 atom stereocenters. The molecule has 0 bridgehead atoms. The molecule has 31 heavy (non-hydrogen) atoms. The number of ether oxygens (including phenoxy) is 2. The number of rotatable bonds is 4. The Labute approximate surface area is 190 Å². The van der Waals surface area contributed by atoms with E-state index in [0.29, 0.717) is 23.1 Å². The Balaban J connectivity index is 1.91. The van der Waals surface area contributed by atoms with E-state index in [0.717, 1.165) is 16.8 Å². The zero-order valence-electron chi connectivity index (χ0n) is 17.6. The third-order valence-corrected chi connectivity index (χ3v) is 6.82. The molecule has 1 amide bonds. The molecule has 2 aromatic carbocycles. The van der Waals surface area contributed by atoms with Gasteiger partial charge in [-0.3, -0.25) is 9.59 Å². The second-order valence-corrected chi connectivity index (χ2v) is 10.6. The number of para-hydroxylation sites is 1. The number of anilines is 1. The minimum absolute atomic E-state index is 0.125. The fourth-order valence-corrected chi connectivity index (χ4v) is 5.56. The van der Waals surface area contributed by atoms with Gasteiger partial charge in [0, 0.05) is 22.8 Å². The van der Waals surface area contributed by atoms with Crippen LogP contribution < -0.4 is 14.4 Å². The number of hydrogen-bond donors (Lipinski definition) is 1. The average Bonchev–Trinajstić information content (AvgIpc) is 3.13. The van der Waals surface area contributed by atoms with Gasteiger partial charge in [-0.25, -0.2) is 0 Å². The van der Waals surface area contributed by atoms with Gasteiger partial charge in [0.1, 0.15) is 0 Å². The Morgan fingerprint density at radius 3 is 2.71 bits per heavy atom. The van der Waals surface area contributed by atoms with Crippen molar-refractivity contribution in [3.63, 3.8) is 0 Å². The van der Waals surface area contributed by atoms with E-state index in [1.54, 1.807) is 11.0 Å². The zero-order chi connectivity index (χ0) is 22.3. The normalized spacial score (nSPS) is 20.4. The van der Waals surface area contributed by atoms with Crippen molar-refractivity contribution in [2.24, 2.45) is 5.41 Å². The number of amides is 1. The van der Waals surface area contributed by atoms with E-state index in [1.807, 2.05) is 51.1 Å². The molecule has 0 aliphatic carbocycles. The van der Waals surface area contributed by atoms with Crippen LogP contribution in [0.5, 0.6) is 11.5 Å². The number of carbonyl (C=O) groups excluding carboxylic acids is 1. The minimum Gasteiger partial charge on any atom is -0.481 e. The lowest BCUT2D eigenvalue weighted by atomic mass is 9.94. The highest BCUT2D eigenvalue weighted by atomic mass is 35.5. The van der Waals surface area contributed by atoms with Crippen molar-refractivity contribution >= 4 is 40.9 Å². The highest BCUT2D eigenvalue weighted by molar-refractivity contribution is 8.01. The van der Waals surface area contributed by atoms with Gasteiger partial charge in [-0.2, -0.15) is 0 Å². The predicted molar refractivity (Wildman–Crippen MR) is 121 cm³/mol. The van der Waals surface area contributed by atoms with Crippen LogP contribution in [-0.4, -0.2) is 35.6 Å². The van der Waals surface area contributed by atoms with Gasteiger partial charge in [0.15, 0.2) is 11.5 Å². The van der Waals surface area contributed by atoms with E-state index >= 15 is 0 Å². The molecule has 2 aliphatic heterocycles. The highest BCUT2D eigenvalue weighted by Crippen LogP contribution is 2.52. The monoisotopic (exact) mass is 461 g/mol. The van der Waals surface area contributed by atoms with Crippen molar-refractivity contribution in [1.82, 2.24) is 0 Å². The van der Waals surface area contributed by atoms with Crippen LogP contribution in [0.1, 0.15) is 43.6 Å². The van der Waals surface area contributed by atoms with Gasteiger partial charge in [-0.05, 0) is 35.2 Å². The fraction of sp³-hybridized carbons (Fsp3) is 0.391. The topological polar surface area (TPSA) is 76.1 Å². The number of fused-ring (bicyclic) bond motifs is 2. The smallest absolute Gasteiger partial charge is 0.305 e. The van der Waals surface area contributed by atoms with Gasteiger partial charge in [0.2, 0.25) is 12.7 Å². The number of benzene rings is 2. The van der Waals surface area contributed by atoms with Crippen molar-refractivity contribution in [2.45, 2.75) is 37.7 Å². The number of aliphatic carboxylic acids is 1. The predicted octanol–water partition coefficient (Wildman–Crippen LogP) is 5.13. The Hall–Kier alpha value is -2.38. The maximum atomic E-state index is 13.6. The lowest BCUT2D eigenvalue weighted by Crippen LogP contribution is -2.42. The molecule has 0 unspecified atom stereocenters. The van der Waals surface area contributed by atoms with Crippen LogP contribution >= 0.6 is 23.4 Å². The summed E-state index contributed by atoms with van der Waals surface area (Å²) >= 11 is 7.70. The maximum Gasteiger partial charge on any atom is 0.305 e. The first-order chi connectivity index (χ1) is 14.6. The Morgan fingerprint density at radius 2 is 2.00 bits per heavy atom. The highest BCUT2D eigenvalue weighted by Gasteiger charge is 2.40. The van der Waals surface area contributed by atoms with Crippen molar-refractivity contribution < 1.29 is 24.2 Å². The van der Waals surface area contributed by atoms with Crippen LogP contribution in [0.2, 0.25) is 5.02 Å². The van der Waals surface area contributed by atoms with Crippen molar-refractivity contribution in [1.29, 1.82) is 0 Å². The number of thioether (sulfide) groups is 1. The number of carboxylic acid groups (broad SMARTS) is 1. The molecule has 1 N–H and O–H groups in total. The van der Waals surface area contributed by atoms with E-state index in [2.05, 4.69) is 0 Å². The molecule has 0 radical (unpaired) electrons. The average molecular weight is 462 g/mol. The molecule has 2 heterocycles. The second kappa shape index (κ2) is 8.28. The summed E-state index contributed by atoms with van der Waals surface area (Å²) in [6.07, 6.45) is -0.269. The number of carboxylic acids is 1. The van der Waals surface area contributed by atoms with Crippen LogP contribution in [0.15, 0.2) is 36.4 Å². The molecular weight excluding hydrogens is 438 g/mol. The van der Waals surface area contributed by atoms with Gasteiger partial charge in [-0.15, -0.1) is 11.8 Å². The van der Waals surface area contributed by atoms with Gasteiger partial charge < -0.3 is 19.5 Å². The molecule has 6 nitrogen and oxygen atoms in total. The van der Waals surface area contributed by atoms with Gasteiger partial charge in [0.05, 0.1) is 16.9 Å². The summed E-state index contributed by atoms with van der Waals surface area (Å²) in [5, 5.41) is 8.97. The summed E-state index contributed by atoms with van der Waals surface area (Å²) in [6, 6.07) is 11.1. The van der Waals surface area contributed by atoms with Gasteiger partial charge in [-0.1, -0.05) is 44.5 Å². The fourth-order valence-electron chi connectivity index (χ4n) is 3.90. The standard InChI is InChI=1S/C23H24ClNO5S/c1-23(2,3)11-25-16-8-7-13(24)9-15(16)21(31-18(22(25)28)10-19(26)27)14-5-4-6-17-20(14)30-12-29-17/h4-9,18,21H,10-12H2,1-3H3,(H,26,27)/t18-,21-/m1/s1. The number of hydrogen-bond acceptors (Lipinski definition) is 5. The van der Waals surface area contributed by atoms with Gasteiger partial charge in [0.25, 0.3) is 0 Å². The third kappa shape index (κ3) is 4.48. The Bertz CT molecular complexity index is 1040. The first-order valence-corrected chi connectivity index (χ1v) is 11.3. The quantitative estimate of drug-likeness (QED) is 0.680. The van der Waals surface area contributed by atoms with E-state index in [1.165, 1.54) is 11.8 Å². The van der Waals surface area contributed by atoms with Crippen LogP contribution in [0.25, 0.3) is 0 Å². The summed E-state index contributed by atoms with van der Waals surface area (Å²) in [5.41, 5.74) is 2.25. The summed E-state index contributed by atoms with van der Waals surface area (Å²) in [5.74, 6) is 0.0376. The van der Waals surface area contributed by atoms with E-state index in [-0.39, 0.29) is 29.8 Å². The van der Waals surface area contributed by atoms with Crippen molar-refractivity contribution in [3.05, 3.63) is 52.5 Å². The van der Waals surface area contributed by atoms with Crippen LogP contribution in [0.3, 0.4) is 0 Å². The van der Waals surface area contributed by atoms with Gasteiger partial charge >= 0.3 is 5.97 Å². The lowest BCUT2D eigenvalue weighted by molar-refractivity contribution is -0.138. The van der Waals surface area contributed by atoms with E-state index < -0.39 is 11.2 Å². The number of halogens is 1. The van der Waals surface area contributed by atoms with Crippen LogP contribution in [0, 0.1) is 5.41 Å². The van der Waals surface area contributed by atoms with Crippen molar-refractivity contribution in [2.75, 3.05) is 18.2 Å². The Morgan fingerprint density at radius 1 is 1.23 bits per heavy atom. The van der Waals surface area contributed by atoms with Crippen molar-refractivity contribution in [3.8, 4) is 11.5 Å². The SMILES string of the molecule is CC(C)(C)CN1C(=O)[C@@H](CC(=O)O)S[C@H](c2cccc3c2OCO3)c2cc(Cl)ccc21. The lowest BCUT2D eigenvalue weighted by Gasteiger charge is -2.31. The first kappa shape index (κ1) is 21.8. The first-order valence-electron chi connectivity index (χ1n) is 10.0. The molecule has 0 fully saturated rings. The third-order valence-electron chi connectivity index (χ3n) is 5.11. The molecule has 4 rings (SSSR count). The summed E-state index contributed by atoms with van der Waals surface area (Å²) in [6.45, 7) is 6.72. The minimum atomic E-state index is -1.01. The molecule has 8 heteroatoms. The number of nitrogens with zero attached hydrogens (tertiary/aromatic N) is 1. The summed E-state index contributed by atoms with van der Waals surface area (Å²) in [7, 11) is 0. The molecule has 0 saturated heterocycles.